The zero-order chi connectivity index (χ0) is 14.5. The monoisotopic (exact) mass is 340 g/mol. The van der Waals surface area contributed by atoms with Gasteiger partial charge in [-0.05, 0) is 59.9 Å². The molecule has 2 N–H and O–H groups in total. The summed E-state index contributed by atoms with van der Waals surface area (Å²) in [5.74, 6) is 0.653. The lowest BCUT2D eigenvalue weighted by atomic mass is 10.2. The summed E-state index contributed by atoms with van der Waals surface area (Å²) < 4.78 is 6.59. The minimum absolute atomic E-state index is 0.0453. The van der Waals surface area contributed by atoms with Gasteiger partial charge in [0.05, 0.1) is 4.47 Å². The molecule has 1 atom stereocenters. The third-order valence-corrected chi connectivity index (χ3v) is 3.79. The molecular formula is C15H21BrN2O2. The van der Waals surface area contributed by atoms with E-state index in [0.29, 0.717) is 11.8 Å². The highest BCUT2D eigenvalue weighted by atomic mass is 79.9. The summed E-state index contributed by atoms with van der Waals surface area (Å²) in [6.07, 6.45) is 1.69. The highest BCUT2D eigenvalue weighted by Crippen LogP contribution is 2.27. The summed E-state index contributed by atoms with van der Waals surface area (Å²) in [7, 11) is 0. The van der Waals surface area contributed by atoms with Gasteiger partial charge in [0.1, 0.15) is 5.75 Å². The van der Waals surface area contributed by atoms with Crippen LogP contribution in [0.5, 0.6) is 5.75 Å². The van der Waals surface area contributed by atoms with E-state index in [-0.39, 0.29) is 5.91 Å². The molecule has 0 saturated heterocycles. The van der Waals surface area contributed by atoms with Gasteiger partial charge >= 0.3 is 0 Å². The third-order valence-electron chi connectivity index (χ3n) is 3.17. The molecule has 1 aliphatic rings. The number of halogens is 1. The first-order valence-electron chi connectivity index (χ1n) is 7.06. The van der Waals surface area contributed by atoms with Gasteiger partial charge in [0.25, 0.3) is 5.91 Å². The van der Waals surface area contributed by atoms with Crippen LogP contribution in [0.1, 0.15) is 32.3 Å². The first-order chi connectivity index (χ1) is 9.60. The van der Waals surface area contributed by atoms with E-state index in [2.05, 4.69) is 33.5 Å². The molecule has 1 saturated carbocycles. The lowest BCUT2D eigenvalue weighted by Gasteiger charge is -2.16. The van der Waals surface area contributed by atoms with Crippen LogP contribution in [0.15, 0.2) is 22.7 Å². The Morgan fingerprint density at radius 3 is 2.85 bits per heavy atom. The average molecular weight is 341 g/mol. The molecule has 0 aromatic heterocycles. The molecule has 1 aromatic carbocycles. The molecule has 20 heavy (non-hydrogen) atoms. The van der Waals surface area contributed by atoms with E-state index in [4.69, 9.17) is 4.74 Å². The summed E-state index contributed by atoms with van der Waals surface area (Å²) in [4.78, 5) is 11.9. The van der Waals surface area contributed by atoms with Crippen molar-refractivity contribution in [2.24, 2.45) is 0 Å². The largest absolute Gasteiger partial charge is 0.480 e. The highest BCUT2D eigenvalue weighted by molar-refractivity contribution is 9.10. The zero-order valence-corrected chi connectivity index (χ0v) is 13.5. The summed E-state index contributed by atoms with van der Waals surface area (Å²) in [6.45, 7) is 5.62. The van der Waals surface area contributed by atoms with Crippen molar-refractivity contribution in [2.75, 3.05) is 6.54 Å². The minimum atomic E-state index is -0.480. The lowest BCUT2D eigenvalue weighted by Crippen LogP contribution is -2.37. The van der Waals surface area contributed by atoms with Gasteiger partial charge in [-0.15, -0.1) is 0 Å². The Labute approximate surface area is 128 Å². The number of ether oxygens (including phenoxy) is 1. The van der Waals surface area contributed by atoms with E-state index in [0.717, 1.165) is 30.4 Å². The number of carbonyl (C=O) groups is 1. The number of hydrogen-bond donors (Lipinski definition) is 2. The van der Waals surface area contributed by atoms with Crippen molar-refractivity contribution in [1.82, 2.24) is 10.6 Å². The van der Waals surface area contributed by atoms with Crippen LogP contribution in [0.2, 0.25) is 0 Å². The maximum atomic E-state index is 11.9. The van der Waals surface area contributed by atoms with Crippen LogP contribution < -0.4 is 15.4 Å². The van der Waals surface area contributed by atoms with Gasteiger partial charge < -0.3 is 15.4 Å². The highest BCUT2D eigenvalue weighted by Gasteiger charge is 2.26. The van der Waals surface area contributed by atoms with E-state index >= 15 is 0 Å². The predicted molar refractivity (Wildman–Crippen MR) is 82.8 cm³/mol. The van der Waals surface area contributed by atoms with Crippen molar-refractivity contribution in [3.63, 3.8) is 0 Å². The van der Waals surface area contributed by atoms with Gasteiger partial charge in [-0.1, -0.05) is 13.0 Å². The maximum Gasteiger partial charge on any atom is 0.260 e. The standard InChI is InChI=1S/C15H21BrN2O2/c1-3-17-9-11-4-7-14(13(16)8-11)20-10(2)15(19)18-12-5-6-12/h4,7-8,10,12,17H,3,5-6,9H2,1-2H3,(H,18,19). The molecule has 4 nitrogen and oxygen atoms in total. The van der Waals surface area contributed by atoms with Crippen molar-refractivity contribution in [3.8, 4) is 5.75 Å². The Hall–Kier alpha value is -1.07. The van der Waals surface area contributed by atoms with Gasteiger partial charge in [-0.2, -0.15) is 0 Å². The van der Waals surface area contributed by atoms with Crippen LogP contribution in [0.3, 0.4) is 0 Å². The molecule has 0 radical (unpaired) electrons. The Morgan fingerprint density at radius 2 is 2.25 bits per heavy atom. The van der Waals surface area contributed by atoms with Gasteiger partial charge in [0, 0.05) is 12.6 Å². The first kappa shape index (κ1) is 15.3. The van der Waals surface area contributed by atoms with Crippen molar-refractivity contribution in [1.29, 1.82) is 0 Å². The molecular weight excluding hydrogens is 320 g/mol. The van der Waals surface area contributed by atoms with E-state index in [9.17, 15) is 4.79 Å². The van der Waals surface area contributed by atoms with Gasteiger partial charge in [0.2, 0.25) is 0 Å². The minimum Gasteiger partial charge on any atom is -0.480 e. The van der Waals surface area contributed by atoms with Crippen LogP contribution in [-0.4, -0.2) is 24.6 Å². The summed E-state index contributed by atoms with van der Waals surface area (Å²) in [6, 6.07) is 6.29. The molecule has 5 heteroatoms. The summed E-state index contributed by atoms with van der Waals surface area (Å²) in [5.41, 5.74) is 1.18. The molecule has 0 bridgehead atoms. The van der Waals surface area contributed by atoms with Gasteiger partial charge in [0.15, 0.2) is 6.10 Å². The SMILES string of the molecule is CCNCc1ccc(OC(C)C(=O)NC2CC2)c(Br)c1. The predicted octanol–water partition coefficient (Wildman–Crippen LogP) is 2.60. The maximum absolute atomic E-state index is 11.9. The quantitative estimate of drug-likeness (QED) is 0.802. The van der Waals surface area contributed by atoms with Gasteiger partial charge in [-0.3, -0.25) is 4.79 Å². The molecule has 1 unspecified atom stereocenters. The number of hydrogen-bond acceptors (Lipinski definition) is 3. The average Bonchev–Trinajstić information content (AvgIpc) is 3.23. The third kappa shape index (κ3) is 4.49. The van der Waals surface area contributed by atoms with Crippen molar-refractivity contribution in [2.45, 2.75) is 45.4 Å². The summed E-state index contributed by atoms with van der Waals surface area (Å²) >= 11 is 3.50. The van der Waals surface area contributed by atoms with Crippen LogP contribution in [0, 0.1) is 0 Å². The second-order valence-corrected chi connectivity index (χ2v) is 5.94. The Kier molecular flexibility index (Phi) is 5.43. The second-order valence-electron chi connectivity index (χ2n) is 5.09. The molecule has 1 aliphatic carbocycles. The fourth-order valence-electron chi connectivity index (χ4n) is 1.81. The van der Waals surface area contributed by atoms with Crippen LogP contribution in [-0.2, 0) is 11.3 Å². The molecule has 1 amide bonds. The molecule has 1 aromatic rings. The van der Waals surface area contributed by atoms with E-state index < -0.39 is 6.10 Å². The molecule has 0 spiro atoms. The van der Waals surface area contributed by atoms with Crippen LogP contribution >= 0.6 is 15.9 Å². The van der Waals surface area contributed by atoms with E-state index in [1.54, 1.807) is 6.92 Å². The smallest absolute Gasteiger partial charge is 0.260 e. The van der Waals surface area contributed by atoms with Crippen molar-refractivity contribution < 1.29 is 9.53 Å². The van der Waals surface area contributed by atoms with Crippen molar-refractivity contribution >= 4 is 21.8 Å². The number of amides is 1. The number of nitrogens with one attached hydrogen (secondary N) is 2. The van der Waals surface area contributed by atoms with E-state index in [1.165, 1.54) is 5.56 Å². The van der Waals surface area contributed by atoms with Crippen LogP contribution in [0.4, 0.5) is 0 Å². The number of benzene rings is 1. The second kappa shape index (κ2) is 7.09. The Bertz CT molecular complexity index is 475. The fraction of sp³-hybridized carbons (Fsp3) is 0.533. The molecule has 1 fully saturated rings. The molecule has 0 heterocycles. The van der Waals surface area contributed by atoms with Crippen LogP contribution in [0.25, 0.3) is 0 Å². The zero-order valence-electron chi connectivity index (χ0n) is 11.9. The van der Waals surface area contributed by atoms with E-state index in [1.807, 2.05) is 18.2 Å². The normalized spacial score (nSPS) is 15.8. The molecule has 0 aliphatic heterocycles. The molecule has 2 rings (SSSR count). The Morgan fingerprint density at radius 1 is 1.50 bits per heavy atom. The topological polar surface area (TPSA) is 50.4 Å². The first-order valence-corrected chi connectivity index (χ1v) is 7.85. The molecule has 110 valence electrons. The summed E-state index contributed by atoms with van der Waals surface area (Å²) in [5, 5.41) is 6.22. The van der Waals surface area contributed by atoms with Crippen molar-refractivity contribution in [3.05, 3.63) is 28.2 Å². The number of carbonyl (C=O) groups excluding carboxylic acids is 1. The lowest BCUT2D eigenvalue weighted by molar-refractivity contribution is -0.127. The Balaban J connectivity index is 1.92. The fourth-order valence-corrected chi connectivity index (χ4v) is 2.33. The number of rotatable bonds is 7. The van der Waals surface area contributed by atoms with Gasteiger partial charge in [-0.25, -0.2) is 0 Å².